The molecule has 3 rings (SSSR count). The standard InChI is InChI=1S/C17H14BrFN2O/c1-10-6-13(3-4-15(10)19)21-17-11(9-22)8-20-16-5-2-12(18)7-14(16)17/h2-8,22H,9H2,1H3,(H,20,21). The third-order valence-electron chi connectivity index (χ3n) is 3.51. The summed E-state index contributed by atoms with van der Waals surface area (Å²) in [5, 5.41) is 13.7. The van der Waals surface area contributed by atoms with Crippen molar-refractivity contribution >= 4 is 38.2 Å². The van der Waals surface area contributed by atoms with Gasteiger partial charge in [0.1, 0.15) is 5.82 Å². The number of anilines is 2. The first kappa shape index (κ1) is 14.9. The molecule has 2 N–H and O–H groups in total. The highest BCUT2D eigenvalue weighted by Gasteiger charge is 2.10. The highest BCUT2D eigenvalue weighted by atomic mass is 79.9. The second-order valence-corrected chi connectivity index (χ2v) is 5.98. The molecule has 0 bridgehead atoms. The topological polar surface area (TPSA) is 45.1 Å². The number of nitrogens with zero attached hydrogens (tertiary/aromatic N) is 1. The summed E-state index contributed by atoms with van der Waals surface area (Å²) in [7, 11) is 0. The van der Waals surface area contributed by atoms with Crippen LogP contribution >= 0.6 is 15.9 Å². The molecule has 0 spiro atoms. The normalized spacial score (nSPS) is 10.9. The highest BCUT2D eigenvalue weighted by molar-refractivity contribution is 9.10. The lowest BCUT2D eigenvalue weighted by atomic mass is 10.1. The number of hydrogen-bond acceptors (Lipinski definition) is 3. The van der Waals surface area contributed by atoms with E-state index in [1.807, 2.05) is 18.2 Å². The largest absolute Gasteiger partial charge is 0.392 e. The van der Waals surface area contributed by atoms with Crippen LogP contribution in [0.15, 0.2) is 47.1 Å². The molecule has 0 saturated heterocycles. The van der Waals surface area contributed by atoms with Crippen molar-refractivity contribution in [3.63, 3.8) is 0 Å². The summed E-state index contributed by atoms with van der Waals surface area (Å²) in [5.74, 6) is -0.240. The summed E-state index contributed by atoms with van der Waals surface area (Å²) in [5.41, 5.74) is 3.62. The van der Waals surface area contributed by atoms with Gasteiger partial charge in [-0.15, -0.1) is 0 Å². The van der Waals surface area contributed by atoms with Crippen LogP contribution in [0.3, 0.4) is 0 Å². The molecular weight excluding hydrogens is 347 g/mol. The summed E-state index contributed by atoms with van der Waals surface area (Å²) in [4.78, 5) is 4.35. The number of fused-ring (bicyclic) bond motifs is 1. The minimum Gasteiger partial charge on any atom is -0.392 e. The molecule has 112 valence electrons. The molecule has 3 nitrogen and oxygen atoms in total. The van der Waals surface area contributed by atoms with Crippen LogP contribution in [0.2, 0.25) is 0 Å². The minimum atomic E-state index is -0.240. The molecular formula is C17H14BrFN2O. The van der Waals surface area contributed by atoms with E-state index in [0.29, 0.717) is 11.1 Å². The number of pyridine rings is 1. The summed E-state index contributed by atoms with van der Waals surface area (Å²) in [6.07, 6.45) is 1.65. The number of hydrogen-bond donors (Lipinski definition) is 2. The molecule has 0 radical (unpaired) electrons. The van der Waals surface area contributed by atoms with Crippen LogP contribution in [-0.4, -0.2) is 10.1 Å². The molecule has 0 unspecified atom stereocenters. The number of aromatic nitrogens is 1. The van der Waals surface area contributed by atoms with Gasteiger partial charge in [0.2, 0.25) is 0 Å². The van der Waals surface area contributed by atoms with Gasteiger partial charge in [0.05, 0.1) is 17.8 Å². The monoisotopic (exact) mass is 360 g/mol. The van der Waals surface area contributed by atoms with Gasteiger partial charge in [0, 0.05) is 27.3 Å². The van der Waals surface area contributed by atoms with Gasteiger partial charge >= 0.3 is 0 Å². The molecule has 0 aliphatic carbocycles. The van der Waals surface area contributed by atoms with Crippen molar-refractivity contribution in [1.29, 1.82) is 0 Å². The highest BCUT2D eigenvalue weighted by Crippen LogP contribution is 2.31. The van der Waals surface area contributed by atoms with Crippen LogP contribution in [-0.2, 0) is 6.61 Å². The summed E-state index contributed by atoms with van der Waals surface area (Å²) < 4.78 is 14.3. The van der Waals surface area contributed by atoms with Gasteiger partial charge in [-0.25, -0.2) is 4.39 Å². The quantitative estimate of drug-likeness (QED) is 0.712. The van der Waals surface area contributed by atoms with E-state index in [1.54, 1.807) is 25.3 Å². The second kappa shape index (κ2) is 6.02. The van der Waals surface area contributed by atoms with Crippen LogP contribution in [0.1, 0.15) is 11.1 Å². The SMILES string of the molecule is Cc1cc(Nc2c(CO)cnc3ccc(Br)cc23)ccc1F. The predicted octanol–water partition coefficient (Wildman–Crippen LogP) is 4.68. The third-order valence-corrected chi connectivity index (χ3v) is 4.00. The molecule has 3 aromatic rings. The Kier molecular flexibility index (Phi) is 4.09. The Labute approximate surface area is 135 Å². The average molecular weight is 361 g/mol. The molecule has 0 amide bonds. The molecule has 1 aromatic heterocycles. The Balaban J connectivity index is 2.15. The molecule has 22 heavy (non-hydrogen) atoms. The molecule has 0 atom stereocenters. The first-order valence-electron chi connectivity index (χ1n) is 6.79. The fraction of sp³-hybridized carbons (Fsp3) is 0.118. The third kappa shape index (κ3) is 2.82. The lowest BCUT2D eigenvalue weighted by Crippen LogP contribution is -2.00. The number of aliphatic hydroxyl groups is 1. The maximum atomic E-state index is 13.4. The zero-order valence-corrected chi connectivity index (χ0v) is 13.5. The first-order valence-corrected chi connectivity index (χ1v) is 7.59. The van der Waals surface area contributed by atoms with Crippen molar-refractivity contribution in [3.05, 3.63) is 64.0 Å². The number of rotatable bonds is 3. The number of aryl methyl sites for hydroxylation is 1. The van der Waals surface area contributed by atoms with Gasteiger partial charge in [-0.1, -0.05) is 15.9 Å². The predicted molar refractivity (Wildman–Crippen MR) is 89.8 cm³/mol. The fourth-order valence-corrected chi connectivity index (χ4v) is 2.70. The van der Waals surface area contributed by atoms with Gasteiger partial charge in [-0.05, 0) is 48.9 Å². The van der Waals surface area contributed by atoms with Crippen LogP contribution in [0.5, 0.6) is 0 Å². The second-order valence-electron chi connectivity index (χ2n) is 5.07. The van der Waals surface area contributed by atoms with Crippen molar-refractivity contribution in [2.45, 2.75) is 13.5 Å². The van der Waals surface area contributed by atoms with Crippen LogP contribution in [0, 0.1) is 12.7 Å². The van der Waals surface area contributed by atoms with E-state index >= 15 is 0 Å². The van der Waals surface area contributed by atoms with Gasteiger partial charge in [-0.3, -0.25) is 4.98 Å². The lowest BCUT2D eigenvalue weighted by molar-refractivity contribution is 0.282. The molecule has 2 aromatic carbocycles. The Morgan fingerprint density at radius 1 is 1.23 bits per heavy atom. The van der Waals surface area contributed by atoms with E-state index in [2.05, 4.69) is 26.2 Å². The van der Waals surface area contributed by atoms with E-state index in [4.69, 9.17) is 0 Å². The van der Waals surface area contributed by atoms with Crippen molar-refractivity contribution in [1.82, 2.24) is 4.98 Å². The fourth-order valence-electron chi connectivity index (χ4n) is 2.34. The van der Waals surface area contributed by atoms with E-state index in [9.17, 15) is 9.50 Å². The van der Waals surface area contributed by atoms with Crippen LogP contribution in [0.25, 0.3) is 10.9 Å². The van der Waals surface area contributed by atoms with Crippen molar-refractivity contribution in [2.24, 2.45) is 0 Å². The van der Waals surface area contributed by atoms with E-state index in [-0.39, 0.29) is 12.4 Å². The van der Waals surface area contributed by atoms with E-state index in [0.717, 1.165) is 26.8 Å². The Bertz CT molecular complexity index is 851. The summed E-state index contributed by atoms with van der Waals surface area (Å²) >= 11 is 3.45. The number of aliphatic hydroxyl groups excluding tert-OH is 1. The summed E-state index contributed by atoms with van der Waals surface area (Å²) in [6, 6.07) is 10.6. The van der Waals surface area contributed by atoms with Gasteiger partial charge in [-0.2, -0.15) is 0 Å². The molecule has 0 saturated carbocycles. The van der Waals surface area contributed by atoms with Crippen LogP contribution in [0.4, 0.5) is 15.8 Å². The molecule has 1 heterocycles. The minimum absolute atomic E-state index is 0.127. The Morgan fingerprint density at radius 2 is 2.05 bits per heavy atom. The number of nitrogens with one attached hydrogen (secondary N) is 1. The maximum Gasteiger partial charge on any atom is 0.126 e. The molecule has 5 heteroatoms. The summed E-state index contributed by atoms with van der Waals surface area (Å²) in [6.45, 7) is 1.59. The Morgan fingerprint density at radius 3 is 2.77 bits per heavy atom. The van der Waals surface area contributed by atoms with Gasteiger partial charge in [0.15, 0.2) is 0 Å². The first-order chi connectivity index (χ1) is 10.6. The number of halogens is 2. The zero-order valence-electron chi connectivity index (χ0n) is 11.9. The van der Waals surface area contributed by atoms with Gasteiger partial charge < -0.3 is 10.4 Å². The molecule has 0 aliphatic heterocycles. The van der Waals surface area contributed by atoms with E-state index in [1.165, 1.54) is 6.07 Å². The zero-order chi connectivity index (χ0) is 15.7. The van der Waals surface area contributed by atoms with Crippen LogP contribution < -0.4 is 5.32 Å². The maximum absolute atomic E-state index is 13.4. The van der Waals surface area contributed by atoms with E-state index < -0.39 is 0 Å². The smallest absolute Gasteiger partial charge is 0.126 e. The van der Waals surface area contributed by atoms with Crippen molar-refractivity contribution in [3.8, 4) is 0 Å². The van der Waals surface area contributed by atoms with Crippen molar-refractivity contribution < 1.29 is 9.50 Å². The Hall–Kier alpha value is -1.98. The van der Waals surface area contributed by atoms with Gasteiger partial charge in [0.25, 0.3) is 0 Å². The van der Waals surface area contributed by atoms with Crippen molar-refractivity contribution in [2.75, 3.05) is 5.32 Å². The molecule has 0 aliphatic rings. The lowest BCUT2D eigenvalue weighted by Gasteiger charge is -2.14. The molecule has 0 fully saturated rings. The average Bonchev–Trinajstić information content (AvgIpc) is 2.51. The number of benzene rings is 2.